The quantitative estimate of drug-likeness (QED) is 0.814. The molecular weight excluding hydrogens is 340 g/mol. The van der Waals surface area contributed by atoms with Gasteiger partial charge in [-0.3, -0.25) is 14.8 Å². The van der Waals surface area contributed by atoms with E-state index in [1.165, 1.54) is 0 Å². The zero-order chi connectivity index (χ0) is 19.2. The van der Waals surface area contributed by atoms with Crippen molar-refractivity contribution in [3.05, 3.63) is 42.1 Å². The molecule has 6 heteroatoms. The van der Waals surface area contributed by atoms with Crippen LogP contribution in [0.15, 0.2) is 36.4 Å². The molecule has 2 atom stereocenters. The number of amides is 1. The molecule has 1 N–H and O–H groups in total. The van der Waals surface area contributed by atoms with Crippen molar-refractivity contribution < 1.29 is 9.53 Å². The highest BCUT2D eigenvalue weighted by Crippen LogP contribution is 2.27. The third kappa shape index (κ3) is 4.76. The molecule has 146 valence electrons. The van der Waals surface area contributed by atoms with Crippen molar-refractivity contribution in [2.75, 3.05) is 33.9 Å². The number of rotatable bonds is 7. The van der Waals surface area contributed by atoms with Gasteiger partial charge in [0.15, 0.2) is 0 Å². The normalized spacial score (nSPS) is 19.3. The largest absolute Gasteiger partial charge is 0.383 e. The van der Waals surface area contributed by atoms with Crippen LogP contribution in [-0.4, -0.2) is 65.8 Å². The second-order valence-electron chi connectivity index (χ2n) is 7.27. The molecule has 1 amide bonds. The second kappa shape index (κ2) is 9.15. The summed E-state index contributed by atoms with van der Waals surface area (Å²) in [6.45, 7) is 4.27. The van der Waals surface area contributed by atoms with E-state index in [9.17, 15) is 4.79 Å². The molecule has 2 aromatic rings. The van der Waals surface area contributed by atoms with Gasteiger partial charge in [0.1, 0.15) is 0 Å². The standard InChI is InChI=1S/C21H30N4O2/c1-16(19-15-20(23-22-19)17-7-5-4-6-8-17)24(2)18-9-10-21(26)25(12-11-18)13-14-27-3/h4-8,15-16,18H,9-14H2,1-3H3,(H,22,23). The van der Waals surface area contributed by atoms with E-state index < -0.39 is 0 Å². The molecule has 2 heterocycles. The van der Waals surface area contributed by atoms with Gasteiger partial charge in [0, 0.05) is 44.3 Å². The number of hydrogen-bond acceptors (Lipinski definition) is 4. The van der Waals surface area contributed by atoms with Crippen molar-refractivity contribution in [3.8, 4) is 11.3 Å². The molecule has 6 nitrogen and oxygen atoms in total. The first-order valence-corrected chi connectivity index (χ1v) is 9.69. The topological polar surface area (TPSA) is 61.5 Å². The van der Waals surface area contributed by atoms with E-state index in [0.717, 1.165) is 36.3 Å². The van der Waals surface area contributed by atoms with E-state index in [2.05, 4.69) is 47.3 Å². The number of nitrogens with zero attached hydrogens (tertiary/aromatic N) is 3. The lowest BCUT2D eigenvalue weighted by molar-refractivity contribution is -0.131. The fourth-order valence-electron chi connectivity index (χ4n) is 3.71. The van der Waals surface area contributed by atoms with Gasteiger partial charge in [-0.25, -0.2) is 0 Å². The monoisotopic (exact) mass is 370 g/mol. The molecule has 3 rings (SSSR count). The summed E-state index contributed by atoms with van der Waals surface area (Å²) in [5, 5.41) is 7.68. The average Bonchev–Trinajstić information content (AvgIpc) is 3.12. The van der Waals surface area contributed by atoms with E-state index in [-0.39, 0.29) is 11.9 Å². The van der Waals surface area contributed by atoms with Crippen molar-refractivity contribution in [2.45, 2.75) is 38.3 Å². The van der Waals surface area contributed by atoms with Crippen LogP contribution in [0.4, 0.5) is 0 Å². The van der Waals surface area contributed by atoms with Crippen LogP contribution in [0.5, 0.6) is 0 Å². The van der Waals surface area contributed by atoms with Gasteiger partial charge in [-0.2, -0.15) is 5.10 Å². The summed E-state index contributed by atoms with van der Waals surface area (Å²) < 4.78 is 5.13. The van der Waals surface area contributed by atoms with E-state index in [1.807, 2.05) is 23.1 Å². The zero-order valence-corrected chi connectivity index (χ0v) is 16.5. The number of aromatic nitrogens is 2. The number of aromatic amines is 1. The molecule has 1 aromatic heterocycles. The molecule has 0 saturated carbocycles. The van der Waals surface area contributed by atoms with E-state index in [0.29, 0.717) is 25.6 Å². The Labute approximate surface area is 161 Å². The van der Waals surface area contributed by atoms with Crippen LogP contribution in [0.2, 0.25) is 0 Å². The Morgan fingerprint density at radius 2 is 2.11 bits per heavy atom. The van der Waals surface area contributed by atoms with Crippen LogP contribution in [0.25, 0.3) is 11.3 Å². The molecule has 1 aliphatic rings. The average molecular weight is 370 g/mol. The highest BCUT2D eigenvalue weighted by Gasteiger charge is 2.28. The molecule has 1 aromatic carbocycles. The fourth-order valence-corrected chi connectivity index (χ4v) is 3.71. The zero-order valence-electron chi connectivity index (χ0n) is 16.5. The molecule has 0 bridgehead atoms. The minimum Gasteiger partial charge on any atom is -0.383 e. The number of nitrogens with one attached hydrogen (secondary N) is 1. The van der Waals surface area contributed by atoms with Crippen molar-refractivity contribution in [3.63, 3.8) is 0 Å². The van der Waals surface area contributed by atoms with Gasteiger partial charge < -0.3 is 9.64 Å². The predicted molar refractivity (Wildman–Crippen MR) is 106 cm³/mol. The predicted octanol–water partition coefficient (Wildman–Crippen LogP) is 3.10. The maximum absolute atomic E-state index is 12.3. The van der Waals surface area contributed by atoms with Crippen LogP contribution in [-0.2, 0) is 9.53 Å². The van der Waals surface area contributed by atoms with E-state index >= 15 is 0 Å². The highest BCUT2D eigenvalue weighted by atomic mass is 16.5. The van der Waals surface area contributed by atoms with Gasteiger partial charge in [-0.1, -0.05) is 30.3 Å². The smallest absolute Gasteiger partial charge is 0.222 e. The molecule has 2 unspecified atom stereocenters. The van der Waals surface area contributed by atoms with Gasteiger partial charge in [0.2, 0.25) is 5.91 Å². The van der Waals surface area contributed by atoms with E-state index in [4.69, 9.17) is 4.74 Å². The number of carbonyl (C=O) groups is 1. The van der Waals surface area contributed by atoms with Crippen LogP contribution >= 0.6 is 0 Å². The number of carbonyl (C=O) groups excluding carboxylic acids is 1. The third-order valence-electron chi connectivity index (χ3n) is 5.65. The number of H-pyrrole nitrogens is 1. The van der Waals surface area contributed by atoms with Gasteiger partial charge in [0.25, 0.3) is 0 Å². The summed E-state index contributed by atoms with van der Waals surface area (Å²) >= 11 is 0. The SMILES string of the molecule is COCCN1CCC(N(C)C(C)c2cc(-c3ccccc3)n[nH]2)CCC1=O. The Bertz CT molecular complexity index is 731. The molecular formula is C21H30N4O2. The fraction of sp³-hybridized carbons (Fsp3) is 0.524. The van der Waals surface area contributed by atoms with Crippen LogP contribution in [0.1, 0.15) is 37.9 Å². The second-order valence-corrected chi connectivity index (χ2v) is 7.27. The number of ether oxygens (including phenoxy) is 1. The van der Waals surface area contributed by atoms with Crippen LogP contribution in [0.3, 0.4) is 0 Å². The lowest BCUT2D eigenvalue weighted by Crippen LogP contribution is -2.36. The van der Waals surface area contributed by atoms with Crippen molar-refractivity contribution in [1.29, 1.82) is 0 Å². The van der Waals surface area contributed by atoms with Crippen LogP contribution in [0, 0.1) is 0 Å². The number of methoxy groups -OCH3 is 1. The first-order chi connectivity index (χ1) is 13.1. The van der Waals surface area contributed by atoms with Gasteiger partial charge in [-0.15, -0.1) is 0 Å². The van der Waals surface area contributed by atoms with E-state index in [1.54, 1.807) is 7.11 Å². The number of benzene rings is 1. The molecule has 0 radical (unpaired) electrons. The molecule has 27 heavy (non-hydrogen) atoms. The Morgan fingerprint density at radius 1 is 1.33 bits per heavy atom. The Morgan fingerprint density at radius 3 is 2.85 bits per heavy atom. The summed E-state index contributed by atoms with van der Waals surface area (Å²) in [4.78, 5) is 16.6. The highest BCUT2D eigenvalue weighted by molar-refractivity contribution is 5.76. The van der Waals surface area contributed by atoms with Gasteiger partial charge in [0.05, 0.1) is 18.0 Å². The molecule has 1 fully saturated rings. The minimum absolute atomic E-state index is 0.209. The third-order valence-corrected chi connectivity index (χ3v) is 5.65. The van der Waals surface area contributed by atoms with Crippen LogP contribution < -0.4 is 0 Å². The Kier molecular flexibility index (Phi) is 6.63. The van der Waals surface area contributed by atoms with Gasteiger partial charge >= 0.3 is 0 Å². The maximum atomic E-state index is 12.3. The first-order valence-electron chi connectivity index (χ1n) is 9.69. The van der Waals surface area contributed by atoms with Crippen molar-refractivity contribution in [2.24, 2.45) is 0 Å². The molecule has 0 aliphatic carbocycles. The Hall–Kier alpha value is -2.18. The summed E-state index contributed by atoms with van der Waals surface area (Å²) in [5.74, 6) is 0.239. The number of hydrogen-bond donors (Lipinski definition) is 1. The molecule has 0 spiro atoms. The van der Waals surface area contributed by atoms with Crippen molar-refractivity contribution >= 4 is 5.91 Å². The summed E-state index contributed by atoms with van der Waals surface area (Å²) in [6.07, 6.45) is 2.47. The first kappa shape index (κ1) is 19.6. The molecule has 1 aliphatic heterocycles. The summed E-state index contributed by atoms with van der Waals surface area (Å²) in [6, 6.07) is 12.9. The lowest BCUT2D eigenvalue weighted by atomic mass is 10.0. The summed E-state index contributed by atoms with van der Waals surface area (Å²) in [5.41, 5.74) is 3.18. The lowest BCUT2D eigenvalue weighted by Gasteiger charge is -2.32. The maximum Gasteiger partial charge on any atom is 0.222 e. The van der Waals surface area contributed by atoms with Gasteiger partial charge in [-0.05, 0) is 32.9 Å². The minimum atomic E-state index is 0.209. The van der Waals surface area contributed by atoms with Crippen molar-refractivity contribution in [1.82, 2.24) is 20.0 Å². The molecule has 1 saturated heterocycles. The Balaban J connectivity index is 1.64. The number of likely N-dealkylation sites (tertiary alicyclic amines) is 1. The summed E-state index contributed by atoms with van der Waals surface area (Å²) in [7, 11) is 3.82.